The second kappa shape index (κ2) is 11.4. The molecule has 2 aliphatic heterocycles. The highest BCUT2D eigenvalue weighted by Crippen LogP contribution is 2.38. The fourth-order valence-corrected chi connectivity index (χ4v) is 6.82. The number of halogens is 1. The van der Waals surface area contributed by atoms with E-state index >= 15 is 4.39 Å². The van der Waals surface area contributed by atoms with E-state index in [1.54, 1.807) is 17.3 Å². The Bertz CT molecular complexity index is 1130. The molecule has 10 nitrogen and oxygen atoms in total. The van der Waals surface area contributed by atoms with Crippen molar-refractivity contribution in [3.63, 3.8) is 0 Å². The monoisotopic (exact) mass is 523 g/mol. The van der Waals surface area contributed by atoms with Gasteiger partial charge in [0.05, 0.1) is 12.4 Å². The van der Waals surface area contributed by atoms with E-state index in [4.69, 9.17) is 4.74 Å². The first-order valence-corrected chi connectivity index (χ1v) is 14.5. The van der Waals surface area contributed by atoms with Gasteiger partial charge in [-0.1, -0.05) is 19.8 Å². The molecule has 4 heterocycles. The Balaban J connectivity index is 1.60. The predicted molar refractivity (Wildman–Crippen MR) is 137 cm³/mol. The zero-order valence-electron chi connectivity index (χ0n) is 21.6. The molecule has 200 valence electrons. The molecule has 2 aromatic rings. The number of piperidine rings is 2. The number of fused-ring (bicyclic) bond motifs is 2. The molecule has 0 spiro atoms. The molecule has 0 saturated carbocycles. The Labute approximate surface area is 213 Å². The van der Waals surface area contributed by atoms with Crippen LogP contribution in [0.4, 0.5) is 22.0 Å². The van der Waals surface area contributed by atoms with Crippen LogP contribution in [-0.4, -0.2) is 70.4 Å². The van der Waals surface area contributed by atoms with Crippen molar-refractivity contribution < 1.29 is 17.5 Å². The summed E-state index contributed by atoms with van der Waals surface area (Å²) >= 11 is 0. The summed E-state index contributed by atoms with van der Waals surface area (Å²) in [4.78, 5) is 11.0. The molecule has 4 rings (SSSR count). The molecule has 12 heteroatoms. The third kappa shape index (κ3) is 5.81. The number of rotatable bonds is 11. The fourth-order valence-electron chi connectivity index (χ4n) is 5.23. The molecular formula is C24H38FN7O3S. The van der Waals surface area contributed by atoms with Gasteiger partial charge in [0.15, 0.2) is 17.5 Å². The molecular weight excluding hydrogens is 485 g/mol. The van der Waals surface area contributed by atoms with E-state index in [1.807, 2.05) is 18.9 Å². The standard InChI is InChI=1S/C24H38FN7O3S/c1-5-7-11-35-15-20-22(25)23(27-21-12-16(3)29-30-21)28-24(26-20)31(4)19-13-17-9-8-10-18(14-19)32(17)36(33,34)6-2/h12,17-19H,5-11,13-15H2,1-4H3,(H2,26,27,28,29,30)/t17-,18+,19?. The number of aromatic amines is 1. The maximum absolute atomic E-state index is 15.4. The van der Waals surface area contributed by atoms with E-state index in [9.17, 15) is 8.42 Å². The Hall–Kier alpha value is -2.31. The summed E-state index contributed by atoms with van der Waals surface area (Å²) < 4.78 is 48.4. The number of ether oxygens (including phenoxy) is 1. The first kappa shape index (κ1) is 26.7. The maximum atomic E-state index is 15.4. The van der Waals surface area contributed by atoms with Crippen LogP contribution in [0.15, 0.2) is 6.07 Å². The summed E-state index contributed by atoms with van der Waals surface area (Å²) in [6.45, 7) is 6.21. The Morgan fingerprint density at radius 1 is 1.25 bits per heavy atom. The van der Waals surface area contributed by atoms with Crippen molar-refractivity contribution >= 4 is 27.6 Å². The van der Waals surface area contributed by atoms with E-state index in [0.29, 0.717) is 31.2 Å². The quantitative estimate of drug-likeness (QED) is 0.426. The number of hydrogen-bond acceptors (Lipinski definition) is 8. The number of hydrogen-bond donors (Lipinski definition) is 2. The molecule has 0 aromatic carbocycles. The van der Waals surface area contributed by atoms with Crippen molar-refractivity contribution in [1.82, 2.24) is 24.5 Å². The maximum Gasteiger partial charge on any atom is 0.227 e. The molecule has 2 fully saturated rings. The summed E-state index contributed by atoms with van der Waals surface area (Å²) in [5.41, 5.74) is 1.02. The van der Waals surface area contributed by atoms with Crippen LogP contribution in [0.2, 0.25) is 0 Å². The van der Waals surface area contributed by atoms with Crippen LogP contribution in [0.1, 0.15) is 70.2 Å². The largest absolute Gasteiger partial charge is 0.375 e. The second-order valence-corrected chi connectivity index (χ2v) is 12.0. The minimum Gasteiger partial charge on any atom is -0.375 e. The van der Waals surface area contributed by atoms with Gasteiger partial charge in [-0.2, -0.15) is 14.4 Å². The molecule has 2 N–H and O–H groups in total. The van der Waals surface area contributed by atoms with Crippen molar-refractivity contribution in [2.24, 2.45) is 0 Å². The lowest BCUT2D eigenvalue weighted by atomic mass is 9.83. The lowest BCUT2D eigenvalue weighted by Crippen LogP contribution is -2.58. The number of nitrogens with one attached hydrogen (secondary N) is 2. The number of unbranched alkanes of at least 4 members (excludes halogenated alkanes) is 1. The third-order valence-electron chi connectivity index (χ3n) is 7.17. The van der Waals surface area contributed by atoms with Gasteiger partial charge in [-0.05, 0) is 46.0 Å². The molecule has 2 aliphatic rings. The average Bonchev–Trinajstić information content (AvgIpc) is 3.26. The molecule has 0 amide bonds. The van der Waals surface area contributed by atoms with Crippen LogP contribution in [0.25, 0.3) is 0 Å². The van der Waals surface area contributed by atoms with Crippen LogP contribution in [-0.2, 0) is 21.4 Å². The third-order valence-corrected chi connectivity index (χ3v) is 9.14. The molecule has 0 radical (unpaired) electrons. The van der Waals surface area contributed by atoms with Crippen molar-refractivity contribution in [3.8, 4) is 0 Å². The fraction of sp³-hybridized carbons (Fsp3) is 0.708. The minimum absolute atomic E-state index is 0.0307. The molecule has 1 unspecified atom stereocenters. The van der Waals surface area contributed by atoms with Crippen molar-refractivity contribution in [3.05, 3.63) is 23.3 Å². The number of nitrogens with zero attached hydrogens (tertiary/aromatic N) is 5. The molecule has 2 saturated heterocycles. The van der Waals surface area contributed by atoms with E-state index in [0.717, 1.165) is 37.8 Å². The van der Waals surface area contributed by atoms with Gasteiger partial charge >= 0.3 is 0 Å². The van der Waals surface area contributed by atoms with Crippen molar-refractivity contribution in [2.75, 3.05) is 29.6 Å². The minimum atomic E-state index is -3.26. The van der Waals surface area contributed by atoms with Gasteiger partial charge in [0.2, 0.25) is 16.0 Å². The van der Waals surface area contributed by atoms with Gasteiger partial charge in [0, 0.05) is 43.5 Å². The van der Waals surface area contributed by atoms with Gasteiger partial charge in [-0.3, -0.25) is 5.10 Å². The highest BCUT2D eigenvalue weighted by molar-refractivity contribution is 7.89. The van der Waals surface area contributed by atoms with Crippen LogP contribution >= 0.6 is 0 Å². The van der Waals surface area contributed by atoms with Gasteiger partial charge in [-0.25, -0.2) is 17.8 Å². The molecule has 3 atom stereocenters. The summed E-state index contributed by atoms with van der Waals surface area (Å²) in [5, 5.41) is 9.95. The number of sulfonamides is 1. The average molecular weight is 524 g/mol. The van der Waals surface area contributed by atoms with Crippen LogP contribution in [0.3, 0.4) is 0 Å². The lowest BCUT2D eigenvalue weighted by Gasteiger charge is -2.49. The number of aryl methyl sites for hydroxylation is 1. The van der Waals surface area contributed by atoms with Gasteiger partial charge in [0.25, 0.3) is 0 Å². The molecule has 2 aromatic heterocycles. The Morgan fingerprint density at radius 3 is 2.58 bits per heavy atom. The van der Waals surface area contributed by atoms with E-state index in [-0.39, 0.29) is 42.0 Å². The molecule has 0 aliphatic carbocycles. The Kier molecular flexibility index (Phi) is 8.46. The van der Waals surface area contributed by atoms with Crippen LogP contribution < -0.4 is 10.2 Å². The predicted octanol–water partition coefficient (Wildman–Crippen LogP) is 3.88. The van der Waals surface area contributed by atoms with Crippen LogP contribution in [0, 0.1) is 12.7 Å². The lowest BCUT2D eigenvalue weighted by molar-refractivity contribution is 0.108. The first-order valence-electron chi connectivity index (χ1n) is 12.9. The summed E-state index contributed by atoms with van der Waals surface area (Å²) in [6, 6.07) is 1.75. The van der Waals surface area contributed by atoms with E-state index < -0.39 is 15.8 Å². The SMILES string of the molecule is CCCCOCc1nc(N(C)C2C[C@H]3CCC[C@@H](C2)N3S(=O)(=O)CC)nc(Nc2cc(C)[nH]n2)c1F. The molecule has 36 heavy (non-hydrogen) atoms. The highest BCUT2D eigenvalue weighted by atomic mass is 32.2. The van der Waals surface area contributed by atoms with Crippen molar-refractivity contribution in [1.29, 1.82) is 0 Å². The highest BCUT2D eigenvalue weighted by Gasteiger charge is 2.45. The zero-order chi connectivity index (χ0) is 25.9. The zero-order valence-corrected chi connectivity index (χ0v) is 22.4. The summed E-state index contributed by atoms with van der Waals surface area (Å²) in [7, 11) is -1.36. The number of anilines is 3. The number of aromatic nitrogens is 4. The second-order valence-electron chi connectivity index (χ2n) is 9.81. The van der Waals surface area contributed by atoms with E-state index in [1.165, 1.54) is 0 Å². The van der Waals surface area contributed by atoms with E-state index in [2.05, 4.69) is 32.4 Å². The normalized spacial score (nSPS) is 22.5. The Morgan fingerprint density at radius 2 is 1.97 bits per heavy atom. The summed E-state index contributed by atoms with van der Waals surface area (Å²) in [5.74, 6) is 0.438. The van der Waals surface area contributed by atoms with Crippen molar-refractivity contribution in [2.45, 2.75) is 90.4 Å². The molecule has 2 bridgehead atoms. The smallest absolute Gasteiger partial charge is 0.227 e. The van der Waals surface area contributed by atoms with Crippen LogP contribution in [0.5, 0.6) is 0 Å². The van der Waals surface area contributed by atoms with Gasteiger partial charge < -0.3 is 15.0 Å². The topological polar surface area (TPSA) is 116 Å². The number of H-pyrrole nitrogens is 1. The van der Waals surface area contributed by atoms with Gasteiger partial charge in [0.1, 0.15) is 5.69 Å². The first-order chi connectivity index (χ1) is 17.2. The van der Waals surface area contributed by atoms with Gasteiger partial charge in [-0.15, -0.1) is 0 Å². The summed E-state index contributed by atoms with van der Waals surface area (Å²) in [6.07, 6.45) is 6.00.